The number of methoxy groups -OCH3 is 2. The lowest BCUT2D eigenvalue weighted by Crippen LogP contribution is -2.60. The number of benzene rings is 2. The van der Waals surface area contributed by atoms with Crippen LogP contribution in [-0.2, 0) is 10.0 Å². The summed E-state index contributed by atoms with van der Waals surface area (Å²) < 4.78 is 53.2. The number of amides is 1. The van der Waals surface area contributed by atoms with Gasteiger partial charge in [-0.3, -0.25) is 10.2 Å². The van der Waals surface area contributed by atoms with Crippen molar-refractivity contribution in [3.05, 3.63) is 72.3 Å². The fourth-order valence-corrected chi connectivity index (χ4v) is 6.12. The van der Waals surface area contributed by atoms with Crippen LogP contribution in [0.15, 0.2) is 60.9 Å². The van der Waals surface area contributed by atoms with Gasteiger partial charge in [0.15, 0.2) is 11.5 Å². The van der Waals surface area contributed by atoms with E-state index >= 15 is 0 Å². The van der Waals surface area contributed by atoms with Gasteiger partial charge in [-0.1, -0.05) is 24.3 Å². The van der Waals surface area contributed by atoms with E-state index in [0.29, 0.717) is 17.4 Å². The zero-order valence-electron chi connectivity index (χ0n) is 21.3. The van der Waals surface area contributed by atoms with Gasteiger partial charge >= 0.3 is 0 Å². The Morgan fingerprint density at radius 3 is 2.26 bits per heavy atom. The third-order valence-corrected chi connectivity index (χ3v) is 8.21. The van der Waals surface area contributed by atoms with Gasteiger partial charge < -0.3 is 20.1 Å². The number of hydrogen-bond donors (Lipinski definition) is 2. The monoisotopic (exact) mass is 557 g/mol. The van der Waals surface area contributed by atoms with Crippen LogP contribution in [0.2, 0.25) is 0 Å². The second kappa shape index (κ2) is 11.5. The fourth-order valence-electron chi connectivity index (χ4n) is 4.35. The summed E-state index contributed by atoms with van der Waals surface area (Å²) in [6.07, 6.45) is 2.63. The van der Waals surface area contributed by atoms with Crippen molar-refractivity contribution in [3.63, 3.8) is 0 Å². The second-order valence-corrected chi connectivity index (χ2v) is 10.6. The summed E-state index contributed by atoms with van der Waals surface area (Å²) >= 11 is 0. The van der Waals surface area contributed by atoms with Gasteiger partial charge in [-0.25, -0.2) is 22.8 Å². The molecule has 1 fully saturated rings. The molecule has 1 amide bonds. The minimum atomic E-state index is -4.52. The Kier molecular flexibility index (Phi) is 8.14. The number of hydrazine groups is 1. The summed E-state index contributed by atoms with van der Waals surface area (Å²) in [4.78, 5) is 23.5. The number of guanidine groups is 1. The maximum absolute atomic E-state index is 14.2. The van der Waals surface area contributed by atoms with E-state index in [4.69, 9.17) is 20.6 Å². The second-order valence-electron chi connectivity index (χ2n) is 8.58. The molecule has 1 aliphatic heterocycles. The molecule has 4 rings (SSSR count). The van der Waals surface area contributed by atoms with Gasteiger partial charge in [0, 0.05) is 18.7 Å². The normalized spacial score (nSPS) is 15.4. The van der Waals surface area contributed by atoms with Gasteiger partial charge in [-0.15, -0.1) is 4.41 Å². The Labute approximate surface area is 225 Å². The number of nitrogens with two attached hydrogens (primary N) is 1. The van der Waals surface area contributed by atoms with Gasteiger partial charge in [-0.2, -0.15) is 5.01 Å². The highest BCUT2D eigenvalue weighted by molar-refractivity contribution is 7.90. The molecular weight excluding hydrogens is 529 g/mol. The highest BCUT2D eigenvalue weighted by Gasteiger charge is 2.44. The summed E-state index contributed by atoms with van der Waals surface area (Å²) in [5, 5.41) is 8.00. The SMILES string of the molecule is COc1cccc(OC)c1N(C(=O)c1ccccc1)N(C(=N)N)S(=O)(=O)[C@H]1CCCN(c2ncc(F)cn2)C1. The maximum Gasteiger partial charge on any atom is 0.278 e. The average Bonchev–Trinajstić information content (AvgIpc) is 2.95. The third-order valence-electron chi connectivity index (χ3n) is 6.14. The van der Waals surface area contributed by atoms with Crippen LogP contribution >= 0.6 is 0 Å². The molecular formula is C25H28FN7O5S. The number of rotatable bonds is 7. The van der Waals surface area contributed by atoms with Crippen molar-refractivity contribution in [1.29, 1.82) is 5.41 Å². The van der Waals surface area contributed by atoms with Crippen molar-refractivity contribution < 1.29 is 27.1 Å². The molecule has 14 heteroatoms. The van der Waals surface area contributed by atoms with Crippen molar-refractivity contribution in [2.75, 3.05) is 37.2 Å². The molecule has 2 aromatic carbocycles. The molecule has 1 saturated heterocycles. The minimum Gasteiger partial charge on any atom is -0.494 e. The number of aromatic nitrogens is 2. The molecule has 3 N–H and O–H groups in total. The molecule has 206 valence electrons. The number of para-hydroxylation sites is 1. The zero-order valence-corrected chi connectivity index (χ0v) is 22.1. The number of nitrogens with zero attached hydrogens (tertiary/aromatic N) is 5. The first kappa shape index (κ1) is 27.6. The molecule has 0 radical (unpaired) electrons. The summed E-state index contributed by atoms with van der Waals surface area (Å²) in [5.41, 5.74) is 5.99. The van der Waals surface area contributed by atoms with Crippen molar-refractivity contribution in [3.8, 4) is 11.5 Å². The molecule has 0 spiro atoms. The van der Waals surface area contributed by atoms with Crippen LogP contribution in [0.4, 0.5) is 16.0 Å². The number of sulfonamides is 1. The van der Waals surface area contributed by atoms with Crippen LogP contribution in [0.5, 0.6) is 11.5 Å². The first-order chi connectivity index (χ1) is 18.7. The maximum atomic E-state index is 14.2. The number of hydrogen-bond acceptors (Lipinski definition) is 9. The topological polar surface area (TPSA) is 155 Å². The van der Waals surface area contributed by atoms with Gasteiger partial charge in [-0.05, 0) is 37.1 Å². The summed E-state index contributed by atoms with van der Waals surface area (Å²) in [6.45, 7) is 0.360. The first-order valence-electron chi connectivity index (χ1n) is 11.9. The summed E-state index contributed by atoms with van der Waals surface area (Å²) in [6, 6.07) is 12.6. The highest BCUT2D eigenvalue weighted by Crippen LogP contribution is 2.40. The number of carbonyl (C=O) groups excluding carboxylic acids is 1. The van der Waals surface area contributed by atoms with E-state index in [1.54, 1.807) is 29.2 Å². The van der Waals surface area contributed by atoms with E-state index in [1.165, 1.54) is 38.5 Å². The van der Waals surface area contributed by atoms with E-state index < -0.39 is 33.0 Å². The Balaban J connectivity index is 1.84. The lowest BCUT2D eigenvalue weighted by Gasteiger charge is -2.39. The quantitative estimate of drug-likeness (QED) is 0.253. The molecule has 39 heavy (non-hydrogen) atoms. The Morgan fingerprint density at radius 2 is 1.69 bits per heavy atom. The Morgan fingerprint density at radius 1 is 1.08 bits per heavy atom. The summed E-state index contributed by atoms with van der Waals surface area (Å²) in [7, 11) is -1.80. The van der Waals surface area contributed by atoms with Crippen molar-refractivity contribution >= 4 is 33.5 Å². The lowest BCUT2D eigenvalue weighted by molar-refractivity contribution is 0.0957. The van der Waals surface area contributed by atoms with E-state index in [0.717, 1.165) is 17.4 Å². The molecule has 0 bridgehead atoms. The van der Waals surface area contributed by atoms with Crippen LogP contribution in [0, 0.1) is 11.2 Å². The number of carbonyl (C=O) groups is 1. The Hall–Kier alpha value is -4.46. The molecule has 1 atom stereocenters. The Bertz CT molecular complexity index is 1420. The predicted molar refractivity (Wildman–Crippen MR) is 143 cm³/mol. The van der Waals surface area contributed by atoms with Crippen molar-refractivity contribution in [1.82, 2.24) is 14.4 Å². The van der Waals surface area contributed by atoms with E-state index in [2.05, 4.69) is 9.97 Å². The summed E-state index contributed by atoms with van der Waals surface area (Å²) in [5.74, 6) is -1.93. The number of ether oxygens (including phenoxy) is 2. The number of nitrogens with one attached hydrogen (secondary N) is 1. The third kappa shape index (κ3) is 5.55. The predicted octanol–water partition coefficient (Wildman–Crippen LogP) is 2.39. The van der Waals surface area contributed by atoms with E-state index in [-0.39, 0.29) is 41.7 Å². The van der Waals surface area contributed by atoms with Crippen molar-refractivity contribution in [2.45, 2.75) is 18.1 Å². The number of halogens is 1. The smallest absolute Gasteiger partial charge is 0.278 e. The molecule has 0 unspecified atom stereocenters. The average molecular weight is 558 g/mol. The first-order valence-corrected chi connectivity index (χ1v) is 13.4. The van der Waals surface area contributed by atoms with Gasteiger partial charge in [0.05, 0.1) is 31.9 Å². The molecule has 1 aromatic heterocycles. The van der Waals surface area contributed by atoms with Crippen LogP contribution in [-0.4, -0.2) is 67.2 Å². The molecule has 3 aromatic rings. The molecule has 2 heterocycles. The number of piperidine rings is 1. The lowest BCUT2D eigenvalue weighted by atomic mass is 10.1. The minimum absolute atomic E-state index is 0.0512. The van der Waals surface area contributed by atoms with Crippen molar-refractivity contribution in [2.24, 2.45) is 5.73 Å². The molecule has 12 nitrogen and oxygen atoms in total. The van der Waals surface area contributed by atoms with E-state index in [1.807, 2.05) is 0 Å². The largest absolute Gasteiger partial charge is 0.494 e. The highest BCUT2D eigenvalue weighted by atomic mass is 32.2. The molecule has 0 saturated carbocycles. The standard InChI is InChI=1S/C25H28FN7O5S/c1-37-20-11-6-12-21(38-2)22(20)32(23(34)17-8-4-3-5-9-17)33(24(27)28)39(35,36)19-10-7-13-31(16-19)25-29-14-18(26)15-30-25/h3-6,8-9,11-12,14-15,19H,7,10,13,16H2,1-2H3,(H3,27,28)/t19-/m0/s1. The number of anilines is 2. The fraction of sp³-hybridized carbons (Fsp3) is 0.280. The van der Waals surface area contributed by atoms with Gasteiger partial charge in [0.25, 0.3) is 15.9 Å². The molecule has 1 aliphatic rings. The van der Waals surface area contributed by atoms with Crippen LogP contribution in [0.3, 0.4) is 0 Å². The van der Waals surface area contributed by atoms with Gasteiger partial charge in [0.1, 0.15) is 11.5 Å². The molecule has 0 aliphatic carbocycles. The van der Waals surface area contributed by atoms with Gasteiger partial charge in [0.2, 0.25) is 11.9 Å². The van der Waals surface area contributed by atoms with Crippen LogP contribution in [0.1, 0.15) is 23.2 Å². The van der Waals surface area contributed by atoms with Crippen LogP contribution in [0.25, 0.3) is 0 Å². The zero-order chi connectivity index (χ0) is 28.2. The van der Waals surface area contributed by atoms with Crippen LogP contribution < -0.4 is 25.1 Å². The van der Waals surface area contributed by atoms with E-state index in [9.17, 15) is 17.6 Å².